The highest BCUT2D eigenvalue weighted by molar-refractivity contribution is 8.05. The molecule has 9 heavy (non-hydrogen) atoms. The molecule has 0 N–H and O–H groups in total. The van der Waals surface area contributed by atoms with E-state index < -0.39 is 19.8 Å². The van der Waals surface area contributed by atoms with Crippen molar-refractivity contribution in [2.24, 2.45) is 0 Å². The second-order valence-electron chi connectivity index (χ2n) is 1.58. The first-order valence-corrected chi connectivity index (χ1v) is 3.96. The summed E-state index contributed by atoms with van der Waals surface area (Å²) < 4.78 is 9.06. The molecule has 1 unspecified atom stereocenters. The number of carbonyl (C=O) groups excluding carboxylic acids is 1. The van der Waals surface area contributed by atoms with Crippen LogP contribution in [0.3, 0.4) is 0 Å². The van der Waals surface area contributed by atoms with Crippen LogP contribution in [-0.2, 0) is 10.8 Å². The monoisotopic (exact) mass is 187 g/mol. The molecule has 1 aliphatic heterocycles. The van der Waals surface area contributed by atoms with E-state index in [1.165, 1.54) is 7.05 Å². The van der Waals surface area contributed by atoms with Crippen molar-refractivity contribution in [3.63, 3.8) is 0 Å². The standard InChI is InChI=1S/C3H3Cl2NO2S/c1-6-2(7)9(8)3(6,4)5/h1H3. The summed E-state index contributed by atoms with van der Waals surface area (Å²) in [5.74, 6) is 0. The number of carbonyl (C=O) groups is 1. The van der Waals surface area contributed by atoms with Gasteiger partial charge in [-0.1, -0.05) is 23.2 Å². The summed E-state index contributed by atoms with van der Waals surface area (Å²) in [6, 6.07) is 0. The van der Waals surface area contributed by atoms with Crippen molar-refractivity contribution >= 4 is 39.2 Å². The Labute approximate surface area is 64.4 Å². The smallest absolute Gasteiger partial charge is 0.291 e. The molecule has 1 aliphatic rings. The molecule has 1 fully saturated rings. The average Bonchev–Trinajstić information content (AvgIpc) is 1.84. The molecule has 1 rings (SSSR count). The minimum atomic E-state index is -1.76. The predicted octanol–water partition coefficient (Wildman–Crippen LogP) is 0.889. The van der Waals surface area contributed by atoms with E-state index in [0.717, 1.165) is 4.90 Å². The average molecular weight is 188 g/mol. The molecule has 0 radical (unpaired) electrons. The van der Waals surface area contributed by atoms with E-state index in [1.807, 2.05) is 0 Å². The van der Waals surface area contributed by atoms with Crippen molar-refractivity contribution in [2.75, 3.05) is 7.05 Å². The molecule has 1 amide bonds. The highest BCUT2D eigenvalue weighted by Gasteiger charge is 2.55. The lowest BCUT2D eigenvalue weighted by Crippen LogP contribution is -2.58. The molecule has 0 spiro atoms. The number of hydrogen-bond donors (Lipinski definition) is 0. The third kappa shape index (κ3) is 0.772. The van der Waals surface area contributed by atoms with Crippen molar-refractivity contribution in [3.05, 3.63) is 0 Å². The van der Waals surface area contributed by atoms with Crippen molar-refractivity contribution in [1.82, 2.24) is 4.90 Å². The first kappa shape index (κ1) is 7.31. The minimum absolute atomic E-state index is 0.528. The SMILES string of the molecule is CN1C(=O)S(=O)C1(Cl)Cl. The van der Waals surface area contributed by atoms with Crippen LogP contribution < -0.4 is 0 Å². The molecule has 52 valence electrons. The van der Waals surface area contributed by atoms with Gasteiger partial charge in [0.25, 0.3) is 3.79 Å². The molecular weight excluding hydrogens is 185 g/mol. The Hall–Kier alpha value is 0.200. The van der Waals surface area contributed by atoms with Gasteiger partial charge in [0.1, 0.15) is 0 Å². The summed E-state index contributed by atoms with van der Waals surface area (Å²) >= 11 is 10.7. The Morgan fingerprint density at radius 1 is 1.67 bits per heavy atom. The maximum absolute atomic E-state index is 10.5. The van der Waals surface area contributed by atoms with Crippen molar-refractivity contribution in [1.29, 1.82) is 0 Å². The normalized spacial score (nSPS) is 32.1. The van der Waals surface area contributed by atoms with E-state index in [2.05, 4.69) is 0 Å². The van der Waals surface area contributed by atoms with Crippen LogP contribution in [0.25, 0.3) is 0 Å². The Kier molecular flexibility index (Phi) is 1.49. The lowest BCUT2D eigenvalue weighted by molar-refractivity contribution is 0.222. The van der Waals surface area contributed by atoms with E-state index in [4.69, 9.17) is 23.2 Å². The maximum Gasteiger partial charge on any atom is 0.319 e. The Bertz CT molecular complexity index is 192. The number of amides is 1. The molecule has 0 bridgehead atoms. The van der Waals surface area contributed by atoms with Gasteiger partial charge in [0.05, 0.1) is 0 Å². The van der Waals surface area contributed by atoms with Crippen LogP contribution in [0.4, 0.5) is 4.79 Å². The fourth-order valence-electron chi connectivity index (χ4n) is 0.421. The minimum Gasteiger partial charge on any atom is -0.291 e. The predicted molar refractivity (Wildman–Crippen MR) is 35.7 cm³/mol. The molecular formula is C3H3Cl2NO2S. The molecule has 1 saturated heterocycles. The number of hydrogen-bond acceptors (Lipinski definition) is 2. The van der Waals surface area contributed by atoms with Gasteiger partial charge in [0.2, 0.25) is 0 Å². The first-order valence-electron chi connectivity index (χ1n) is 2.05. The van der Waals surface area contributed by atoms with Gasteiger partial charge in [-0.15, -0.1) is 0 Å². The lowest BCUT2D eigenvalue weighted by Gasteiger charge is -2.37. The third-order valence-electron chi connectivity index (χ3n) is 1.05. The zero-order valence-electron chi connectivity index (χ0n) is 4.43. The van der Waals surface area contributed by atoms with Gasteiger partial charge in [0, 0.05) is 7.05 Å². The number of halogens is 2. The van der Waals surface area contributed by atoms with E-state index in [1.54, 1.807) is 0 Å². The van der Waals surface area contributed by atoms with E-state index in [-0.39, 0.29) is 0 Å². The number of rotatable bonds is 0. The number of nitrogens with zero attached hydrogens (tertiary/aromatic N) is 1. The topological polar surface area (TPSA) is 37.4 Å². The molecule has 0 aliphatic carbocycles. The number of alkyl halides is 2. The van der Waals surface area contributed by atoms with Crippen LogP contribution in [0.1, 0.15) is 0 Å². The first-order chi connectivity index (χ1) is 3.98. The molecule has 3 nitrogen and oxygen atoms in total. The maximum atomic E-state index is 10.5. The van der Waals surface area contributed by atoms with Gasteiger partial charge in [-0.3, -0.25) is 9.69 Å². The molecule has 0 saturated carbocycles. The van der Waals surface area contributed by atoms with Crippen molar-refractivity contribution in [3.8, 4) is 0 Å². The Morgan fingerprint density at radius 3 is 2.22 bits per heavy atom. The van der Waals surface area contributed by atoms with Crippen molar-refractivity contribution < 1.29 is 9.00 Å². The third-order valence-corrected chi connectivity index (χ3v) is 3.70. The summed E-state index contributed by atoms with van der Waals surface area (Å²) in [5, 5.41) is -0.528. The van der Waals surface area contributed by atoms with E-state index >= 15 is 0 Å². The Morgan fingerprint density at radius 2 is 2.11 bits per heavy atom. The largest absolute Gasteiger partial charge is 0.319 e. The van der Waals surface area contributed by atoms with Gasteiger partial charge in [-0.25, -0.2) is 4.21 Å². The van der Waals surface area contributed by atoms with Crippen LogP contribution in [0.5, 0.6) is 0 Å². The second kappa shape index (κ2) is 1.84. The van der Waals surface area contributed by atoms with E-state index in [9.17, 15) is 9.00 Å². The molecule has 1 heterocycles. The van der Waals surface area contributed by atoms with Crippen LogP contribution in [0.2, 0.25) is 0 Å². The lowest BCUT2D eigenvalue weighted by atomic mass is 10.9. The zero-order chi connectivity index (χ0) is 7.23. The summed E-state index contributed by atoms with van der Waals surface area (Å²) in [7, 11) is -0.367. The van der Waals surface area contributed by atoms with Crippen molar-refractivity contribution in [2.45, 2.75) is 3.79 Å². The zero-order valence-corrected chi connectivity index (χ0v) is 6.76. The van der Waals surface area contributed by atoms with Gasteiger partial charge in [0.15, 0.2) is 10.8 Å². The van der Waals surface area contributed by atoms with Gasteiger partial charge >= 0.3 is 5.24 Å². The fraction of sp³-hybridized carbons (Fsp3) is 0.667. The van der Waals surface area contributed by atoms with Crippen LogP contribution in [0, 0.1) is 0 Å². The van der Waals surface area contributed by atoms with Crippen LogP contribution in [0.15, 0.2) is 0 Å². The van der Waals surface area contributed by atoms with Gasteiger partial charge in [-0.2, -0.15) is 0 Å². The van der Waals surface area contributed by atoms with Crippen LogP contribution >= 0.6 is 23.2 Å². The van der Waals surface area contributed by atoms with Crippen LogP contribution in [-0.4, -0.2) is 25.2 Å². The molecule has 0 aromatic carbocycles. The highest BCUT2D eigenvalue weighted by Crippen LogP contribution is 2.39. The summed E-state index contributed by atoms with van der Waals surface area (Å²) in [6.07, 6.45) is 0. The summed E-state index contributed by atoms with van der Waals surface area (Å²) in [4.78, 5) is 11.5. The summed E-state index contributed by atoms with van der Waals surface area (Å²) in [6.45, 7) is 0. The fourth-order valence-corrected chi connectivity index (χ4v) is 1.87. The molecule has 0 aromatic heterocycles. The van der Waals surface area contributed by atoms with E-state index in [0.29, 0.717) is 0 Å². The Balaban J connectivity index is 2.86. The molecule has 0 aromatic rings. The highest BCUT2D eigenvalue weighted by atomic mass is 35.5. The molecule has 1 atom stereocenters. The molecule has 6 heteroatoms. The second-order valence-corrected chi connectivity index (χ2v) is 4.79. The quantitative estimate of drug-likeness (QED) is 0.418. The summed E-state index contributed by atoms with van der Waals surface area (Å²) in [5.41, 5.74) is 0. The van der Waals surface area contributed by atoms with Gasteiger partial charge < -0.3 is 0 Å². The van der Waals surface area contributed by atoms with Gasteiger partial charge in [-0.05, 0) is 0 Å².